The highest BCUT2D eigenvalue weighted by Crippen LogP contribution is 2.32. The summed E-state index contributed by atoms with van der Waals surface area (Å²) in [5.74, 6) is -0.285. The molecular weight excluding hydrogens is 260 g/mol. The van der Waals surface area contributed by atoms with E-state index >= 15 is 0 Å². The fraction of sp³-hybridized carbons (Fsp3) is 0.250. The van der Waals surface area contributed by atoms with Crippen LogP contribution in [0.1, 0.15) is 22.7 Å². The van der Waals surface area contributed by atoms with E-state index in [0.29, 0.717) is 16.9 Å². The van der Waals surface area contributed by atoms with E-state index in [1.54, 1.807) is 26.1 Å². The molecule has 106 valence electrons. The van der Waals surface area contributed by atoms with Crippen LogP contribution in [0.3, 0.4) is 0 Å². The van der Waals surface area contributed by atoms with Crippen molar-refractivity contribution in [3.05, 3.63) is 64.7 Å². The molecule has 0 aliphatic heterocycles. The van der Waals surface area contributed by atoms with Gasteiger partial charge in [0.15, 0.2) is 0 Å². The summed E-state index contributed by atoms with van der Waals surface area (Å²) in [7, 11) is 3.19. The van der Waals surface area contributed by atoms with Gasteiger partial charge in [0.2, 0.25) is 0 Å². The minimum atomic E-state index is -0.472. The number of aryl methyl sites for hydroxylation is 1. The average molecular weight is 277 g/mol. The van der Waals surface area contributed by atoms with Crippen LogP contribution in [-0.2, 0) is 0 Å². The highest BCUT2D eigenvalue weighted by Gasteiger charge is 2.21. The Bertz CT molecular complexity index is 593. The Hall–Kier alpha value is -1.94. The Kier molecular flexibility index (Phi) is 4.35. The molecule has 0 aliphatic rings. The SMILES string of the molecule is CNC(c1cc(C)cc(F)c1)c1c(F)cccc1OC. The lowest BCUT2D eigenvalue weighted by Gasteiger charge is -2.21. The molecule has 20 heavy (non-hydrogen) atoms. The minimum Gasteiger partial charge on any atom is -0.496 e. The first-order chi connectivity index (χ1) is 9.56. The molecule has 0 spiro atoms. The van der Waals surface area contributed by atoms with Gasteiger partial charge >= 0.3 is 0 Å². The Morgan fingerprint density at radius 1 is 1.15 bits per heavy atom. The quantitative estimate of drug-likeness (QED) is 0.922. The van der Waals surface area contributed by atoms with Crippen molar-refractivity contribution >= 4 is 0 Å². The number of hydrogen-bond donors (Lipinski definition) is 1. The first-order valence-electron chi connectivity index (χ1n) is 6.33. The molecule has 2 rings (SSSR count). The summed E-state index contributed by atoms with van der Waals surface area (Å²) < 4.78 is 32.9. The van der Waals surface area contributed by atoms with Crippen LogP contribution in [0.15, 0.2) is 36.4 Å². The molecule has 0 amide bonds. The minimum absolute atomic E-state index is 0.337. The predicted octanol–water partition coefficient (Wildman–Crippen LogP) is 3.59. The maximum atomic E-state index is 14.1. The van der Waals surface area contributed by atoms with Gasteiger partial charge in [0.05, 0.1) is 18.7 Å². The third kappa shape index (κ3) is 2.80. The molecule has 0 aromatic heterocycles. The highest BCUT2D eigenvalue weighted by atomic mass is 19.1. The lowest BCUT2D eigenvalue weighted by atomic mass is 9.96. The standard InChI is InChI=1S/C16H17F2NO/c1-10-7-11(9-12(17)8-10)16(19-2)15-13(18)5-4-6-14(15)20-3/h4-9,16,19H,1-3H3. The Labute approximate surface area is 117 Å². The predicted molar refractivity (Wildman–Crippen MR) is 75.0 cm³/mol. The first kappa shape index (κ1) is 14.5. The van der Waals surface area contributed by atoms with E-state index in [1.165, 1.54) is 25.3 Å². The molecule has 0 saturated heterocycles. The van der Waals surface area contributed by atoms with Crippen LogP contribution >= 0.6 is 0 Å². The average Bonchev–Trinajstić information content (AvgIpc) is 2.40. The van der Waals surface area contributed by atoms with Crippen LogP contribution in [0.2, 0.25) is 0 Å². The van der Waals surface area contributed by atoms with E-state index in [-0.39, 0.29) is 11.6 Å². The van der Waals surface area contributed by atoms with Gasteiger partial charge in [0.25, 0.3) is 0 Å². The highest BCUT2D eigenvalue weighted by molar-refractivity contribution is 5.43. The second kappa shape index (κ2) is 6.01. The molecule has 0 heterocycles. The van der Waals surface area contributed by atoms with Crippen molar-refractivity contribution in [2.75, 3.05) is 14.2 Å². The molecule has 2 aromatic carbocycles. The summed E-state index contributed by atoms with van der Waals surface area (Å²) in [5.41, 5.74) is 1.83. The van der Waals surface area contributed by atoms with E-state index < -0.39 is 6.04 Å². The third-order valence-corrected chi connectivity index (χ3v) is 3.21. The second-order valence-electron chi connectivity index (χ2n) is 4.64. The van der Waals surface area contributed by atoms with Gasteiger partial charge in [-0.25, -0.2) is 8.78 Å². The largest absolute Gasteiger partial charge is 0.496 e. The Morgan fingerprint density at radius 3 is 2.50 bits per heavy atom. The van der Waals surface area contributed by atoms with Crippen LogP contribution in [0.5, 0.6) is 5.75 Å². The number of hydrogen-bond acceptors (Lipinski definition) is 2. The van der Waals surface area contributed by atoms with Gasteiger partial charge in [0, 0.05) is 0 Å². The molecule has 2 aromatic rings. The van der Waals surface area contributed by atoms with E-state index in [0.717, 1.165) is 5.56 Å². The maximum absolute atomic E-state index is 14.1. The normalized spacial score (nSPS) is 12.2. The van der Waals surface area contributed by atoms with Crippen LogP contribution in [0.25, 0.3) is 0 Å². The number of ether oxygens (including phenoxy) is 1. The Balaban J connectivity index is 2.58. The molecule has 1 unspecified atom stereocenters. The maximum Gasteiger partial charge on any atom is 0.132 e. The van der Waals surface area contributed by atoms with Gasteiger partial charge in [-0.2, -0.15) is 0 Å². The lowest BCUT2D eigenvalue weighted by molar-refractivity contribution is 0.398. The number of methoxy groups -OCH3 is 1. The molecule has 2 nitrogen and oxygen atoms in total. The summed E-state index contributed by atoms with van der Waals surface area (Å²) in [6.07, 6.45) is 0. The molecule has 0 aliphatic carbocycles. The Morgan fingerprint density at radius 2 is 1.90 bits per heavy atom. The van der Waals surface area contributed by atoms with E-state index in [1.807, 2.05) is 6.07 Å². The number of halogens is 2. The van der Waals surface area contributed by atoms with Crippen LogP contribution < -0.4 is 10.1 Å². The van der Waals surface area contributed by atoms with E-state index in [4.69, 9.17) is 4.74 Å². The summed E-state index contributed by atoms with van der Waals surface area (Å²) >= 11 is 0. The molecular formula is C16H17F2NO. The smallest absolute Gasteiger partial charge is 0.132 e. The summed E-state index contributed by atoms with van der Waals surface area (Å²) in [6.45, 7) is 1.80. The van der Waals surface area contributed by atoms with Crippen molar-refractivity contribution in [1.82, 2.24) is 5.32 Å². The topological polar surface area (TPSA) is 21.3 Å². The lowest BCUT2D eigenvalue weighted by Crippen LogP contribution is -2.20. The van der Waals surface area contributed by atoms with Crippen molar-refractivity contribution in [1.29, 1.82) is 0 Å². The molecule has 1 atom stereocenters. The number of rotatable bonds is 4. The summed E-state index contributed by atoms with van der Waals surface area (Å²) in [6, 6.07) is 8.84. The van der Waals surface area contributed by atoms with E-state index in [2.05, 4.69) is 5.32 Å². The zero-order valence-electron chi connectivity index (χ0n) is 11.7. The van der Waals surface area contributed by atoms with Gasteiger partial charge in [-0.05, 0) is 49.4 Å². The number of benzene rings is 2. The second-order valence-corrected chi connectivity index (χ2v) is 4.64. The summed E-state index contributed by atoms with van der Waals surface area (Å²) in [4.78, 5) is 0. The van der Waals surface area contributed by atoms with Crippen molar-refractivity contribution in [2.24, 2.45) is 0 Å². The molecule has 4 heteroatoms. The van der Waals surface area contributed by atoms with Crippen molar-refractivity contribution in [3.8, 4) is 5.75 Å². The fourth-order valence-electron chi connectivity index (χ4n) is 2.38. The first-order valence-corrected chi connectivity index (χ1v) is 6.33. The molecule has 0 fully saturated rings. The van der Waals surface area contributed by atoms with E-state index in [9.17, 15) is 8.78 Å². The fourth-order valence-corrected chi connectivity index (χ4v) is 2.38. The third-order valence-electron chi connectivity index (χ3n) is 3.21. The molecule has 0 radical (unpaired) electrons. The molecule has 1 N–H and O–H groups in total. The van der Waals surface area contributed by atoms with Gasteiger partial charge in [-0.1, -0.05) is 12.1 Å². The summed E-state index contributed by atoms with van der Waals surface area (Å²) in [5, 5.41) is 3.02. The van der Waals surface area contributed by atoms with Crippen molar-refractivity contribution in [3.63, 3.8) is 0 Å². The molecule has 0 saturated carbocycles. The van der Waals surface area contributed by atoms with Crippen molar-refractivity contribution < 1.29 is 13.5 Å². The zero-order chi connectivity index (χ0) is 14.7. The van der Waals surface area contributed by atoms with Crippen molar-refractivity contribution in [2.45, 2.75) is 13.0 Å². The van der Waals surface area contributed by atoms with Gasteiger partial charge in [0.1, 0.15) is 17.4 Å². The van der Waals surface area contributed by atoms with Gasteiger partial charge in [-0.3, -0.25) is 0 Å². The van der Waals surface area contributed by atoms with Gasteiger partial charge < -0.3 is 10.1 Å². The monoisotopic (exact) mass is 277 g/mol. The zero-order valence-corrected chi connectivity index (χ0v) is 11.7. The van der Waals surface area contributed by atoms with Gasteiger partial charge in [-0.15, -0.1) is 0 Å². The van der Waals surface area contributed by atoms with Crippen LogP contribution in [0.4, 0.5) is 8.78 Å². The van der Waals surface area contributed by atoms with Crippen LogP contribution in [-0.4, -0.2) is 14.2 Å². The number of nitrogens with one attached hydrogen (secondary N) is 1. The van der Waals surface area contributed by atoms with Crippen LogP contribution in [0, 0.1) is 18.6 Å². The molecule has 0 bridgehead atoms.